The highest BCUT2D eigenvalue weighted by Crippen LogP contribution is 2.29. The minimum absolute atomic E-state index is 0.0576. The van der Waals surface area contributed by atoms with Gasteiger partial charge in [-0.3, -0.25) is 0 Å². The van der Waals surface area contributed by atoms with E-state index in [9.17, 15) is 23.5 Å². The van der Waals surface area contributed by atoms with Crippen LogP contribution in [0, 0.1) is 0 Å². The van der Waals surface area contributed by atoms with Crippen LogP contribution in [0.25, 0.3) is 0 Å². The summed E-state index contributed by atoms with van der Waals surface area (Å²) in [5.41, 5.74) is -1.10. The van der Waals surface area contributed by atoms with Gasteiger partial charge in [-0.1, -0.05) is 40.2 Å². The zero-order chi connectivity index (χ0) is 33.1. The van der Waals surface area contributed by atoms with E-state index < -0.39 is 23.4 Å². The van der Waals surface area contributed by atoms with Gasteiger partial charge < -0.3 is 30.3 Å². The monoisotopic (exact) mass is 706 g/mol. The zero-order valence-corrected chi connectivity index (χ0v) is 28.4. The highest BCUT2D eigenvalue weighted by atomic mass is 79.9. The number of thiol groups is 1. The van der Waals surface area contributed by atoms with E-state index in [-0.39, 0.29) is 47.3 Å². The van der Waals surface area contributed by atoms with E-state index in [1.165, 1.54) is 23.9 Å². The molecule has 0 aliphatic carbocycles. The number of alkyl halides is 1. The number of phenolic OH excluding ortho intramolecular Hbond substituents is 2. The second-order valence-electron chi connectivity index (χ2n) is 10.4. The van der Waals surface area contributed by atoms with Gasteiger partial charge in [0.15, 0.2) is 0 Å². The molecule has 2 amide bonds. The average Bonchev–Trinajstić information content (AvgIpc) is 2.88. The molecule has 0 saturated heterocycles. The molecule has 13 heteroatoms. The molecular weight excluding hydrogens is 666 g/mol. The Kier molecular flexibility index (Phi) is 19.5. The summed E-state index contributed by atoms with van der Waals surface area (Å²) in [5, 5.41) is 23.4. The highest BCUT2D eigenvalue weighted by Gasteiger charge is 2.16. The number of alkyl carbamates (subject to hydrolysis) is 2. The molecule has 0 spiro atoms. The van der Waals surface area contributed by atoms with Crippen molar-refractivity contribution in [3.05, 3.63) is 72.3 Å². The lowest BCUT2D eigenvalue weighted by atomic mass is 10.2. The Balaban J connectivity index is 0.000000685. The summed E-state index contributed by atoms with van der Waals surface area (Å²) in [5.74, 6) is -0.244. The number of para-hydroxylation sites is 2. The number of thioether (sulfide) groups is 1. The molecule has 240 valence electrons. The van der Waals surface area contributed by atoms with Crippen LogP contribution in [0.1, 0.15) is 41.5 Å². The third-order valence-corrected chi connectivity index (χ3v) is 6.17. The lowest BCUT2D eigenvalue weighted by Crippen LogP contribution is -2.32. The van der Waals surface area contributed by atoms with E-state index in [1.807, 2.05) is 6.07 Å². The maximum Gasteiger partial charge on any atom is 0.407 e. The van der Waals surface area contributed by atoms with Gasteiger partial charge in [-0.2, -0.15) is 0 Å². The normalized spacial score (nSPS) is 11.7. The molecule has 43 heavy (non-hydrogen) atoms. The molecule has 8 nitrogen and oxygen atoms in total. The van der Waals surface area contributed by atoms with E-state index in [1.54, 1.807) is 84.0 Å². The maximum absolute atomic E-state index is 13.6. The summed E-state index contributed by atoms with van der Waals surface area (Å²) in [6, 6.07) is 13.7. The van der Waals surface area contributed by atoms with Crippen LogP contribution in [0.4, 0.5) is 18.4 Å². The average molecular weight is 708 g/mol. The molecule has 0 unspecified atom stereocenters. The van der Waals surface area contributed by atoms with Crippen LogP contribution in [-0.2, 0) is 9.47 Å². The largest absolute Gasteiger partial charge is 0.507 e. The van der Waals surface area contributed by atoms with Crippen molar-refractivity contribution < 1.29 is 38.1 Å². The molecule has 2 aromatic rings. The minimum Gasteiger partial charge on any atom is -0.507 e. The molecule has 0 heterocycles. The van der Waals surface area contributed by atoms with Gasteiger partial charge in [-0.05, 0) is 78.0 Å². The number of phenols is 2. The second-order valence-corrected chi connectivity index (χ2v) is 12.5. The zero-order valence-electron chi connectivity index (χ0n) is 25.1. The van der Waals surface area contributed by atoms with Crippen LogP contribution >= 0.6 is 40.3 Å². The molecule has 0 bridgehead atoms. The van der Waals surface area contributed by atoms with Gasteiger partial charge in [0, 0.05) is 28.6 Å². The Morgan fingerprint density at radius 1 is 0.837 bits per heavy atom. The van der Waals surface area contributed by atoms with Crippen LogP contribution in [0.2, 0.25) is 0 Å². The number of carbonyl (C=O) groups is 2. The van der Waals surface area contributed by atoms with Crippen molar-refractivity contribution in [1.82, 2.24) is 10.6 Å². The number of carbonyl (C=O) groups excluding carboxylic acids is 2. The summed E-state index contributed by atoms with van der Waals surface area (Å²) >= 11 is 8.08. The third-order valence-electron chi connectivity index (χ3n) is 4.18. The molecule has 2 rings (SSSR count). The third kappa shape index (κ3) is 23.3. The van der Waals surface area contributed by atoms with Gasteiger partial charge in [0.25, 0.3) is 0 Å². The summed E-state index contributed by atoms with van der Waals surface area (Å²) in [7, 11) is 0. The Morgan fingerprint density at radius 3 is 1.67 bits per heavy atom. The first kappa shape index (κ1) is 40.1. The topological polar surface area (TPSA) is 117 Å². The SMILES string of the molecule is CC(C)(C)OC(=O)NC/C=C(\F)CBr.CC(C)(C)OC(=O)NC/C=C(\F)CSc1ccccc1O.Oc1ccccc1S. The van der Waals surface area contributed by atoms with Gasteiger partial charge >= 0.3 is 12.2 Å². The molecule has 0 aliphatic rings. The van der Waals surface area contributed by atoms with Crippen molar-refractivity contribution in [3.8, 4) is 11.5 Å². The van der Waals surface area contributed by atoms with Crippen molar-refractivity contribution >= 4 is 52.5 Å². The Bertz CT molecular complexity index is 1180. The van der Waals surface area contributed by atoms with E-state index in [0.717, 1.165) is 0 Å². The molecule has 4 N–H and O–H groups in total. The van der Waals surface area contributed by atoms with Crippen LogP contribution in [0.15, 0.2) is 82.1 Å². The van der Waals surface area contributed by atoms with Crippen molar-refractivity contribution in [1.29, 1.82) is 0 Å². The smallest absolute Gasteiger partial charge is 0.407 e. The summed E-state index contributed by atoms with van der Waals surface area (Å²) < 4.78 is 36.1. The Morgan fingerprint density at radius 2 is 1.28 bits per heavy atom. The lowest BCUT2D eigenvalue weighted by molar-refractivity contribution is 0.0522. The highest BCUT2D eigenvalue weighted by molar-refractivity contribution is 9.09. The molecule has 0 atom stereocenters. The van der Waals surface area contributed by atoms with Gasteiger partial charge in [0.2, 0.25) is 0 Å². The van der Waals surface area contributed by atoms with Crippen molar-refractivity contribution in [2.24, 2.45) is 0 Å². The Labute approximate surface area is 270 Å². The van der Waals surface area contributed by atoms with Crippen LogP contribution in [-0.4, -0.2) is 57.8 Å². The second kappa shape index (κ2) is 20.9. The van der Waals surface area contributed by atoms with Crippen LogP contribution < -0.4 is 10.6 Å². The number of amides is 2. The molecule has 0 aromatic heterocycles. The molecule has 0 aliphatic heterocycles. The number of ether oxygens (including phenoxy) is 2. The first-order valence-electron chi connectivity index (χ1n) is 13.0. The summed E-state index contributed by atoms with van der Waals surface area (Å²) in [6.45, 7) is 10.8. The van der Waals surface area contributed by atoms with E-state index >= 15 is 0 Å². The predicted molar refractivity (Wildman–Crippen MR) is 175 cm³/mol. The fourth-order valence-corrected chi connectivity index (χ4v) is 3.61. The molecular formula is C30H41BrF2N2O6S2. The van der Waals surface area contributed by atoms with Crippen LogP contribution in [0.5, 0.6) is 11.5 Å². The minimum atomic E-state index is -0.583. The van der Waals surface area contributed by atoms with Crippen LogP contribution in [0.3, 0.4) is 0 Å². The first-order valence-corrected chi connectivity index (χ1v) is 15.6. The number of rotatable bonds is 8. The lowest BCUT2D eigenvalue weighted by Gasteiger charge is -2.19. The van der Waals surface area contributed by atoms with Crippen molar-refractivity contribution in [2.45, 2.75) is 62.5 Å². The van der Waals surface area contributed by atoms with Gasteiger partial charge in [-0.25, -0.2) is 18.4 Å². The molecule has 2 aromatic carbocycles. The number of benzene rings is 2. The number of nitrogens with one attached hydrogen (secondary N) is 2. The van der Waals surface area contributed by atoms with Gasteiger partial charge in [0.1, 0.15) is 34.4 Å². The predicted octanol–water partition coefficient (Wildman–Crippen LogP) is 8.30. The van der Waals surface area contributed by atoms with Crippen molar-refractivity contribution in [2.75, 3.05) is 24.2 Å². The number of allylic oxidation sites excluding steroid dienone is 1. The summed E-state index contributed by atoms with van der Waals surface area (Å²) in [4.78, 5) is 23.6. The number of halogens is 3. The fraction of sp³-hybridized carbons (Fsp3) is 0.400. The molecule has 0 saturated carbocycles. The van der Waals surface area contributed by atoms with Crippen molar-refractivity contribution in [3.63, 3.8) is 0 Å². The number of hydrogen-bond acceptors (Lipinski definition) is 8. The maximum atomic E-state index is 13.6. The fourth-order valence-electron chi connectivity index (χ4n) is 2.42. The van der Waals surface area contributed by atoms with Gasteiger partial charge in [0.05, 0.1) is 5.33 Å². The number of hydrogen-bond donors (Lipinski definition) is 5. The quantitative estimate of drug-likeness (QED) is 0.107. The van der Waals surface area contributed by atoms with E-state index in [0.29, 0.717) is 9.79 Å². The Hall–Kier alpha value is -2.90. The molecule has 0 fully saturated rings. The standard InChI is InChI=1S/C15H20FNO3S.C9H15BrFNO2.C6H6OS/c1-15(2,3)20-14(19)17-9-8-11(16)10-21-13-7-5-4-6-12(13)18;1-9(2,3)14-8(13)12-5-4-7(11)6-10;7-5-3-1-2-4-6(5)8/h4-8,18H,9-10H2,1-3H3,(H,17,19);4H,5-6H2,1-3H3,(H,12,13);1-4,7-8H/b11-8-;7-4-;. The molecule has 0 radical (unpaired) electrons. The number of aromatic hydroxyl groups is 2. The van der Waals surface area contributed by atoms with Gasteiger partial charge in [-0.15, -0.1) is 24.4 Å². The first-order chi connectivity index (χ1) is 19.9. The van der Waals surface area contributed by atoms with E-state index in [4.69, 9.17) is 14.6 Å². The van der Waals surface area contributed by atoms with E-state index in [2.05, 4.69) is 39.2 Å². The summed E-state index contributed by atoms with van der Waals surface area (Å²) in [6.07, 6.45) is 1.42.